The Kier molecular flexibility index (Phi) is 8.59. The molecule has 0 saturated heterocycles. The molecule has 0 spiro atoms. The van der Waals surface area contributed by atoms with Crippen molar-refractivity contribution in [2.75, 3.05) is 51.1 Å². The van der Waals surface area contributed by atoms with Gasteiger partial charge in [0.15, 0.2) is 10.8 Å². The van der Waals surface area contributed by atoms with E-state index >= 15 is 0 Å². The Morgan fingerprint density at radius 3 is 2.77 bits per heavy atom. The van der Waals surface area contributed by atoms with Crippen molar-refractivity contribution >= 4 is 34.5 Å². The van der Waals surface area contributed by atoms with E-state index in [9.17, 15) is 4.79 Å². The first-order valence-corrected chi connectivity index (χ1v) is 9.85. The van der Waals surface area contributed by atoms with Crippen LogP contribution < -0.4 is 10.6 Å². The summed E-state index contributed by atoms with van der Waals surface area (Å²) in [7, 11) is 0. The highest BCUT2D eigenvalue weighted by molar-refractivity contribution is 7.98. The molecule has 26 heavy (non-hydrogen) atoms. The van der Waals surface area contributed by atoms with E-state index in [4.69, 9.17) is 9.47 Å². The summed E-state index contributed by atoms with van der Waals surface area (Å²) in [5, 5.41) is 12.0. The van der Waals surface area contributed by atoms with E-state index in [1.165, 1.54) is 11.8 Å². The Balaban J connectivity index is 2.05. The highest BCUT2D eigenvalue weighted by Gasteiger charge is 2.13. The van der Waals surface area contributed by atoms with Crippen molar-refractivity contribution in [3.05, 3.63) is 6.20 Å². The molecule has 144 valence electrons. The highest BCUT2D eigenvalue weighted by atomic mass is 32.2. The van der Waals surface area contributed by atoms with Crippen LogP contribution in [0.4, 0.5) is 5.82 Å². The molecule has 2 heterocycles. The van der Waals surface area contributed by atoms with Crippen molar-refractivity contribution in [3.63, 3.8) is 0 Å². The number of fused-ring (bicyclic) bond motifs is 1. The zero-order valence-electron chi connectivity index (χ0n) is 15.4. The van der Waals surface area contributed by atoms with Crippen molar-refractivity contribution in [1.29, 1.82) is 0 Å². The van der Waals surface area contributed by atoms with Crippen molar-refractivity contribution in [1.82, 2.24) is 25.1 Å². The Morgan fingerprint density at radius 1 is 1.23 bits per heavy atom. The van der Waals surface area contributed by atoms with Gasteiger partial charge in [-0.2, -0.15) is 5.10 Å². The van der Waals surface area contributed by atoms with E-state index in [1.54, 1.807) is 10.9 Å². The first-order valence-electron chi connectivity index (χ1n) is 8.63. The molecule has 0 aliphatic carbocycles. The van der Waals surface area contributed by atoms with Gasteiger partial charge in [0.05, 0.1) is 24.7 Å². The van der Waals surface area contributed by atoms with Gasteiger partial charge in [-0.3, -0.25) is 4.79 Å². The van der Waals surface area contributed by atoms with E-state index in [0.717, 1.165) is 16.9 Å². The zero-order chi connectivity index (χ0) is 18.8. The number of anilines is 1. The van der Waals surface area contributed by atoms with Gasteiger partial charge in [0.1, 0.15) is 12.4 Å². The maximum Gasteiger partial charge on any atom is 0.246 e. The molecule has 0 radical (unpaired) electrons. The summed E-state index contributed by atoms with van der Waals surface area (Å²) < 4.78 is 12.2. The average molecular weight is 382 g/mol. The van der Waals surface area contributed by atoms with Crippen molar-refractivity contribution < 1.29 is 14.3 Å². The molecule has 2 N–H and O–H groups in total. The van der Waals surface area contributed by atoms with Crippen LogP contribution in [0.5, 0.6) is 0 Å². The van der Waals surface area contributed by atoms with Crippen LogP contribution in [-0.4, -0.2) is 71.4 Å². The number of aromatic nitrogens is 4. The van der Waals surface area contributed by atoms with Gasteiger partial charge in [0.2, 0.25) is 5.91 Å². The number of thioether (sulfide) groups is 1. The number of hydrogen-bond acceptors (Lipinski definition) is 8. The van der Waals surface area contributed by atoms with Crippen LogP contribution in [0, 0.1) is 0 Å². The summed E-state index contributed by atoms with van der Waals surface area (Å²) in [6, 6.07) is 0. The Bertz CT molecular complexity index is 709. The fourth-order valence-corrected chi connectivity index (χ4v) is 2.62. The third kappa shape index (κ3) is 5.82. The van der Waals surface area contributed by atoms with Crippen LogP contribution in [-0.2, 0) is 20.8 Å². The van der Waals surface area contributed by atoms with E-state index < -0.39 is 0 Å². The molecule has 9 nitrogen and oxygen atoms in total. The largest absolute Gasteiger partial charge is 0.380 e. The van der Waals surface area contributed by atoms with Gasteiger partial charge in [-0.05, 0) is 20.1 Å². The SMILES string of the molecule is CCOCCNc1nc(SC)nc2c1cnn2CCNC(=O)COCC. The van der Waals surface area contributed by atoms with Crippen LogP contribution in [0.25, 0.3) is 11.0 Å². The van der Waals surface area contributed by atoms with Crippen LogP contribution in [0.1, 0.15) is 13.8 Å². The Hall–Kier alpha value is -1.91. The average Bonchev–Trinajstić information content (AvgIpc) is 3.06. The topological polar surface area (TPSA) is 103 Å². The van der Waals surface area contributed by atoms with Crippen molar-refractivity contribution in [2.45, 2.75) is 25.5 Å². The maximum absolute atomic E-state index is 11.6. The lowest BCUT2D eigenvalue weighted by molar-refractivity contribution is -0.125. The number of nitrogens with one attached hydrogen (secondary N) is 2. The minimum atomic E-state index is -0.138. The second-order valence-corrected chi connectivity index (χ2v) is 6.05. The second-order valence-electron chi connectivity index (χ2n) is 5.27. The van der Waals surface area contributed by atoms with Crippen molar-refractivity contribution in [3.8, 4) is 0 Å². The fraction of sp³-hybridized carbons (Fsp3) is 0.625. The maximum atomic E-state index is 11.6. The minimum absolute atomic E-state index is 0.0725. The van der Waals surface area contributed by atoms with Crippen LogP contribution in [0.15, 0.2) is 11.4 Å². The molecule has 0 bridgehead atoms. The number of ether oxygens (including phenoxy) is 2. The summed E-state index contributed by atoms with van der Waals surface area (Å²) in [5.74, 6) is 0.603. The monoisotopic (exact) mass is 382 g/mol. The number of nitrogens with zero attached hydrogens (tertiary/aromatic N) is 4. The number of carbonyl (C=O) groups excluding carboxylic acids is 1. The lowest BCUT2D eigenvalue weighted by Gasteiger charge is -2.09. The molecule has 0 aliphatic rings. The number of hydrogen-bond donors (Lipinski definition) is 2. The predicted molar refractivity (Wildman–Crippen MR) is 102 cm³/mol. The number of amides is 1. The molecule has 0 aliphatic heterocycles. The third-order valence-corrected chi connectivity index (χ3v) is 4.03. The van der Waals surface area contributed by atoms with Gasteiger partial charge in [-0.15, -0.1) is 0 Å². The summed E-state index contributed by atoms with van der Waals surface area (Å²) >= 11 is 1.47. The standard InChI is InChI=1S/C16H26N6O3S/c1-4-24-9-7-18-14-12-10-19-22(15(12)21-16(20-14)26-3)8-6-17-13(23)11-25-5-2/h10H,4-9,11H2,1-3H3,(H,17,23)(H,18,20,21). The molecule has 0 saturated carbocycles. The molecule has 2 aromatic rings. The number of carbonyl (C=O) groups is 1. The first kappa shape index (κ1) is 20.4. The lowest BCUT2D eigenvalue weighted by atomic mass is 10.4. The highest BCUT2D eigenvalue weighted by Crippen LogP contribution is 2.23. The summed E-state index contributed by atoms with van der Waals surface area (Å²) in [6.45, 7) is 7.33. The first-order chi connectivity index (χ1) is 12.7. The van der Waals surface area contributed by atoms with Crippen LogP contribution in [0.2, 0.25) is 0 Å². The zero-order valence-corrected chi connectivity index (χ0v) is 16.3. The van der Waals surface area contributed by atoms with Crippen LogP contribution in [0.3, 0.4) is 0 Å². The van der Waals surface area contributed by atoms with Gasteiger partial charge >= 0.3 is 0 Å². The normalized spacial score (nSPS) is 11.0. The molecule has 0 unspecified atom stereocenters. The van der Waals surface area contributed by atoms with Gasteiger partial charge in [0, 0.05) is 26.3 Å². The van der Waals surface area contributed by atoms with E-state index in [1.807, 2.05) is 20.1 Å². The quantitative estimate of drug-likeness (QED) is 0.320. The van der Waals surface area contributed by atoms with Crippen molar-refractivity contribution in [2.24, 2.45) is 0 Å². The van der Waals surface area contributed by atoms with E-state index in [-0.39, 0.29) is 12.5 Å². The lowest BCUT2D eigenvalue weighted by Crippen LogP contribution is -2.30. The summed E-state index contributed by atoms with van der Waals surface area (Å²) in [4.78, 5) is 20.7. The Labute approximate surface area is 157 Å². The smallest absolute Gasteiger partial charge is 0.246 e. The second kappa shape index (κ2) is 10.9. The third-order valence-electron chi connectivity index (χ3n) is 3.48. The molecular formula is C16H26N6O3S. The molecule has 0 atom stereocenters. The van der Waals surface area contributed by atoms with Gasteiger partial charge in [-0.1, -0.05) is 11.8 Å². The molecule has 0 fully saturated rings. The van der Waals surface area contributed by atoms with Gasteiger partial charge in [0.25, 0.3) is 0 Å². The van der Waals surface area contributed by atoms with Crippen LogP contribution >= 0.6 is 11.8 Å². The summed E-state index contributed by atoms with van der Waals surface area (Å²) in [6.07, 6.45) is 3.67. The predicted octanol–water partition coefficient (Wildman–Crippen LogP) is 1.15. The molecule has 10 heteroatoms. The fourth-order valence-electron chi connectivity index (χ4n) is 2.26. The van der Waals surface area contributed by atoms with E-state index in [0.29, 0.717) is 44.6 Å². The molecule has 2 aromatic heterocycles. The molecular weight excluding hydrogens is 356 g/mol. The Morgan fingerprint density at radius 2 is 2.04 bits per heavy atom. The van der Waals surface area contributed by atoms with Gasteiger partial charge < -0.3 is 20.1 Å². The number of rotatable bonds is 12. The van der Waals surface area contributed by atoms with Gasteiger partial charge in [-0.25, -0.2) is 14.6 Å². The minimum Gasteiger partial charge on any atom is -0.380 e. The summed E-state index contributed by atoms with van der Waals surface area (Å²) in [5.41, 5.74) is 0.738. The molecule has 1 amide bonds. The van der Waals surface area contributed by atoms with E-state index in [2.05, 4.69) is 25.7 Å². The molecule has 0 aromatic carbocycles. The molecule has 2 rings (SSSR count).